The summed E-state index contributed by atoms with van der Waals surface area (Å²) in [4.78, 5) is 52.6. The number of hydrogen-bond acceptors (Lipinski definition) is 13. The summed E-state index contributed by atoms with van der Waals surface area (Å²) in [6, 6.07) is 27.4. The number of carbonyl (C=O) groups is 2. The van der Waals surface area contributed by atoms with E-state index in [1.165, 1.54) is 23.5 Å². The van der Waals surface area contributed by atoms with E-state index in [0.717, 1.165) is 22.6 Å². The van der Waals surface area contributed by atoms with Crippen molar-refractivity contribution in [1.82, 2.24) is 29.9 Å². The molecule has 0 bridgehead atoms. The van der Waals surface area contributed by atoms with E-state index in [1.807, 2.05) is 17.0 Å². The number of carbonyl (C=O) groups excluding carboxylic acids is 2. The predicted octanol–water partition coefficient (Wildman–Crippen LogP) is 11.9. The minimum absolute atomic E-state index is 0. The number of anilines is 5. The molecule has 0 radical (unpaired) electrons. The number of aromatic nitrogens is 6. The van der Waals surface area contributed by atoms with Crippen molar-refractivity contribution in [1.29, 1.82) is 0 Å². The van der Waals surface area contributed by atoms with E-state index in [9.17, 15) is 40.3 Å². The molecule has 1 saturated carbocycles. The van der Waals surface area contributed by atoms with E-state index in [1.54, 1.807) is 97.3 Å². The Bertz CT molecular complexity index is 2570. The van der Waals surface area contributed by atoms with E-state index in [-0.39, 0.29) is 31.3 Å². The summed E-state index contributed by atoms with van der Waals surface area (Å²) in [6.45, 7) is 0.588. The first-order valence-electron chi connectivity index (χ1n) is 19.9. The number of alkyl halides is 7. The third-order valence-corrected chi connectivity index (χ3v) is 11.6. The number of nitrogens with zero attached hydrogens (tertiary/aromatic N) is 7. The van der Waals surface area contributed by atoms with Crippen LogP contribution in [-0.4, -0.2) is 72.6 Å². The summed E-state index contributed by atoms with van der Waals surface area (Å²) in [7, 11) is 0. The maximum atomic E-state index is 14.9. The van der Waals surface area contributed by atoms with Gasteiger partial charge in [0.15, 0.2) is 10.3 Å². The smallest absolute Gasteiger partial charge is 0.350 e. The number of halogens is 8. The molecule has 2 aromatic carbocycles. The molecule has 6 aromatic rings. The Hall–Kier alpha value is -5.86. The molecule has 66 heavy (non-hydrogen) atoms. The molecule has 2 fully saturated rings. The molecule has 1 aliphatic heterocycles. The molecule has 4 aromatic heterocycles. The minimum Gasteiger partial charge on any atom is -0.350 e. The zero-order valence-corrected chi connectivity index (χ0v) is 36.3. The summed E-state index contributed by atoms with van der Waals surface area (Å²) in [5, 5.41) is 7.24. The van der Waals surface area contributed by atoms with Gasteiger partial charge in [0.1, 0.15) is 64.3 Å². The van der Waals surface area contributed by atoms with Crippen LogP contribution in [0, 0.1) is 5.92 Å². The van der Waals surface area contributed by atoms with Gasteiger partial charge in [0, 0.05) is 47.2 Å². The van der Waals surface area contributed by atoms with Crippen molar-refractivity contribution >= 4 is 75.8 Å². The van der Waals surface area contributed by atoms with Crippen LogP contribution in [0.2, 0.25) is 5.15 Å². The molecular formula is C45H41ClF7N9O2S2. The molecule has 0 amide bonds. The number of Topliss-reactive ketones (excluding diaryl/α,β-unsaturated/α-hetero) is 2. The number of rotatable bonds is 16. The highest BCUT2D eigenvalue weighted by molar-refractivity contribution is 7.99. The van der Waals surface area contributed by atoms with Gasteiger partial charge in [-0.15, -0.1) is 0 Å². The monoisotopic (exact) mass is 971 g/mol. The molecule has 0 unspecified atom stereocenters. The molecule has 8 rings (SSSR count). The third kappa shape index (κ3) is 15.4. The first-order chi connectivity index (χ1) is 30.9. The molecule has 21 heteroatoms. The lowest BCUT2D eigenvalue weighted by molar-refractivity contribution is -0.153. The first-order valence-corrected chi connectivity index (χ1v) is 21.9. The fraction of sp³-hybridized carbons (Fsp3) is 0.289. The van der Waals surface area contributed by atoms with Crippen molar-refractivity contribution < 1.29 is 40.3 Å². The van der Waals surface area contributed by atoms with Crippen molar-refractivity contribution in [3.05, 3.63) is 126 Å². The van der Waals surface area contributed by atoms with Crippen LogP contribution >= 0.6 is 35.1 Å². The molecule has 5 heterocycles. The van der Waals surface area contributed by atoms with Crippen molar-refractivity contribution in [2.75, 3.05) is 28.6 Å². The van der Waals surface area contributed by atoms with E-state index < -0.39 is 42.4 Å². The number of ketones is 2. The molecule has 11 nitrogen and oxygen atoms in total. The topological polar surface area (TPSA) is 139 Å². The maximum absolute atomic E-state index is 14.9. The molecule has 0 spiro atoms. The third-order valence-electron chi connectivity index (χ3n) is 9.61. The SMILES string of the molecule is C.O=C(Cc1ccc(Sc2nc(Cl)cc(Nc3ccccn3)n2)cc1)CC(F)(F)F.O=C(Cc1ccc(Sc2nc(Nc3ccccn3)cc(N3CC(F)(C4CC4)C3)n2)cc1)CC(F)(F)F. The van der Waals surface area contributed by atoms with Gasteiger partial charge >= 0.3 is 12.4 Å². The van der Waals surface area contributed by atoms with Crippen LogP contribution in [-0.2, 0) is 22.4 Å². The zero-order valence-electron chi connectivity index (χ0n) is 33.9. The van der Waals surface area contributed by atoms with E-state index in [2.05, 4.69) is 40.5 Å². The first kappa shape index (κ1) is 49.6. The van der Waals surface area contributed by atoms with Crippen LogP contribution in [0.25, 0.3) is 0 Å². The van der Waals surface area contributed by atoms with Crippen molar-refractivity contribution in [2.24, 2.45) is 5.92 Å². The lowest BCUT2D eigenvalue weighted by Crippen LogP contribution is -2.60. The van der Waals surface area contributed by atoms with Crippen LogP contribution in [0.3, 0.4) is 0 Å². The summed E-state index contributed by atoms with van der Waals surface area (Å²) >= 11 is 8.56. The fourth-order valence-electron chi connectivity index (χ4n) is 6.52. The minimum atomic E-state index is -4.51. The Labute approximate surface area is 388 Å². The molecule has 346 valence electrons. The molecule has 2 N–H and O–H groups in total. The largest absolute Gasteiger partial charge is 0.395 e. The second-order valence-electron chi connectivity index (χ2n) is 15.1. The van der Waals surface area contributed by atoms with Crippen LogP contribution < -0.4 is 15.5 Å². The summed E-state index contributed by atoms with van der Waals surface area (Å²) in [5.74, 6) is 1.18. The number of pyridine rings is 2. The summed E-state index contributed by atoms with van der Waals surface area (Å²) in [6.07, 6.45) is -7.25. The van der Waals surface area contributed by atoms with Gasteiger partial charge in [-0.2, -0.15) is 26.3 Å². The van der Waals surface area contributed by atoms with Gasteiger partial charge in [0.2, 0.25) is 0 Å². The van der Waals surface area contributed by atoms with E-state index in [0.29, 0.717) is 63.6 Å². The number of nitrogens with one attached hydrogen (secondary N) is 2. The molecular weight excluding hydrogens is 931 g/mol. The predicted molar refractivity (Wildman–Crippen MR) is 240 cm³/mol. The number of hydrogen-bond donors (Lipinski definition) is 2. The fourth-order valence-corrected chi connectivity index (χ4v) is 8.30. The van der Waals surface area contributed by atoms with Gasteiger partial charge in [-0.25, -0.2) is 34.3 Å². The van der Waals surface area contributed by atoms with Crippen molar-refractivity contribution in [3.8, 4) is 0 Å². The van der Waals surface area contributed by atoms with E-state index in [4.69, 9.17) is 11.6 Å². The number of benzene rings is 2. The van der Waals surface area contributed by atoms with Crippen LogP contribution in [0.5, 0.6) is 0 Å². The highest BCUT2D eigenvalue weighted by atomic mass is 35.5. The van der Waals surface area contributed by atoms with Crippen LogP contribution in [0.15, 0.2) is 130 Å². The van der Waals surface area contributed by atoms with Crippen LogP contribution in [0.1, 0.15) is 44.2 Å². The Morgan fingerprint density at radius 3 is 1.53 bits per heavy atom. The maximum Gasteiger partial charge on any atom is 0.395 e. The van der Waals surface area contributed by atoms with Gasteiger partial charge in [-0.3, -0.25) is 9.59 Å². The standard InChI is InChI=1S/C25H23F4N5OS.C19H14ClF3N4OS.CH4/c26-24(17-6-7-17)14-34(15-24)22-12-21(31-20-3-1-2-10-30-20)32-23(33-22)36-19-8-4-16(5-9-19)11-18(35)13-25(27,28)29;20-15-10-17(26-16-3-1-2-8-24-16)27-18(25-15)29-14-6-4-12(5-7-14)9-13(28)11-19(21,22)23;/h1-5,8-10,12,17H,6-7,11,13-15H2,(H,30,31,32,33);1-8,10H,9,11H2,(H,24,25,26,27);1H4. The Morgan fingerprint density at radius 1 is 0.652 bits per heavy atom. The molecule has 1 saturated heterocycles. The lowest BCUT2D eigenvalue weighted by atomic mass is 9.91. The van der Waals surface area contributed by atoms with Crippen molar-refractivity contribution in [3.63, 3.8) is 0 Å². The Balaban J connectivity index is 0.000000220. The van der Waals surface area contributed by atoms with Crippen LogP contribution in [0.4, 0.5) is 59.8 Å². The van der Waals surface area contributed by atoms with Gasteiger partial charge in [-0.1, -0.05) is 55.4 Å². The summed E-state index contributed by atoms with van der Waals surface area (Å²) < 4.78 is 89.0. The molecule has 0 atom stereocenters. The van der Waals surface area contributed by atoms with Gasteiger partial charge < -0.3 is 15.5 Å². The summed E-state index contributed by atoms with van der Waals surface area (Å²) in [5.41, 5.74) is -0.152. The average molecular weight is 972 g/mol. The quantitative estimate of drug-likeness (QED) is 0.0541. The Morgan fingerprint density at radius 2 is 1.11 bits per heavy atom. The second kappa shape index (κ2) is 21.6. The van der Waals surface area contributed by atoms with Gasteiger partial charge in [0.05, 0.1) is 13.1 Å². The lowest BCUT2D eigenvalue weighted by Gasteiger charge is -2.45. The van der Waals surface area contributed by atoms with E-state index >= 15 is 0 Å². The van der Waals surface area contributed by atoms with Gasteiger partial charge in [-0.05, 0) is 102 Å². The zero-order chi connectivity index (χ0) is 46.2. The highest BCUT2D eigenvalue weighted by Crippen LogP contribution is 2.48. The highest BCUT2D eigenvalue weighted by Gasteiger charge is 2.54. The second-order valence-corrected chi connectivity index (χ2v) is 17.6. The van der Waals surface area contributed by atoms with Crippen molar-refractivity contribution in [2.45, 2.75) is 84.1 Å². The van der Waals surface area contributed by atoms with Gasteiger partial charge in [0.25, 0.3) is 0 Å². The Kier molecular flexibility index (Phi) is 16.2. The molecule has 1 aliphatic carbocycles. The average Bonchev–Trinajstić information content (AvgIpc) is 4.07. The normalized spacial score (nSPS) is 14.2. The molecule has 2 aliphatic rings.